The summed E-state index contributed by atoms with van der Waals surface area (Å²) >= 11 is 5.73. The number of hydrogen-bond acceptors (Lipinski definition) is 4. The normalized spacial score (nSPS) is 10.3. The number of carbonyl (C=O) groups is 1. The molecule has 0 atom stereocenters. The van der Waals surface area contributed by atoms with Crippen molar-refractivity contribution in [3.8, 4) is 0 Å². The summed E-state index contributed by atoms with van der Waals surface area (Å²) in [5.74, 6) is -0.419. The molecule has 0 aliphatic rings. The Balaban J connectivity index is 2.59. The van der Waals surface area contributed by atoms with Gasteiger partial charge in [-0.3, -0.25) is 4.98 Å². The highest BCUT2D eigenvalue weighted by atomic mass is 35.5. The van der Waals surface area contributed by atoms with Crippen LogP contribution in [0.2, 0.25) is 5.15 Å². The van der Waals surface area contributed by atoms with Gasteiger partial charge in [-0.05, 0) is 12.1 Å². The van der Waals surface area contributed by atoms with Gasteiger partial charge in [0.25, 0.3) is 0 Å². The van der Waals surface area contributed by atoms with Gasteiger partial charge in [-0.1, -0.05) is 11.6 Å². The quantitative estimate of drug-likeness (QED) is 0.548. The van der Waals surface area contributed by atoms with E-state index in [2.05, 4.69) is 14.7 Å². The smallest absolute Gasteiger partial charge is 0.339 e. The summed E-state index contributed by atoms with van der Waals surface area (Å²) in [6, 6.07) is 3.32. The Kier molecular flexibility index (Phi) is 2.51. The lowest BCUT2D eigenvalue weighted by atomic mass is 10.2. The van der Waals surface area contributed by atoms with Crippen molar-refractivity contribution in [3.63, 3.8) is 0 Å². The monoisotopic (exact) mass is 222 g/mol. The Labute approximate surface area is 90.9 Å². The van der Waals surface area contributed by atoms with Crippen LogP contribution in [0, 0.1) is 0 Å². The number of aromatic nitrogens is 2. The summed E-state index contributed by atoms with van der Waals surface area (Å²) in [5, 5.41) is 1.13. The van der Waals surface area contributed by atoms with Crippen LogP contribution in [-0.4, -0.2) is 23.0 Å². The fourth-order valence-corrected chi connectivity index (χ4v) is 1.40. The number of nitrogens with zero attached hydrogens (tertiary/aromatic N) is 2. The van der Waals surface area contributed by atoms with Crippen molar-refractivity contribution in [1.82, 2.24) is 9.97 Å². The number of pyridine rings is 2. The summed E-state index contributed by atoms with van der Waals surface area (Å²) in [5.41, 5.74) is 1.08. The summed E-state index contributed by atoms with van der Waals surface area (Å²) in [6.07, 6.45) is 3.00. The van der Waals surface area contributed by atoms with Gasteiger partial charge in [0.1, 0.15) is 5.15 Å². The molecule has 0 N–H and O–H groups in total. The molecule has 0 amide bonds. The van der Waals surface area contributed by atoms with Crippen LogP contribution < -0.4 is 0 Å². The molecule has 0 spiro atoms. The molecular formula is C10H7ClN2O2. The van der Waals surface area contributed by atoms with Crippen molar-refractivity contribution in [2.45, 2.75) is 0 Å². The van der Waals surface area contributed by atoms with Crippen molar-refractivity contribution in [3.05, 3.63) is 35.2 Å². The van der Waals surface area contributed by atoms with Crippen molar-refractivity contribution in [1.29, 1.82) is 0 Å². The predicted molar refractivity (Wildman–Crippen MR) is 55.9 cm³/mol. The van der Waals surface area contributed by atoms with E-state index in [9.17, 15) is 4.79 Å². The van der Waals surface area contributed by atoms with E-state index in [1.54, 1.807) is 18.3 Å². The van der Waals surface area contributed by atoms with Crippen LogP contribution in [0.4, 0.5) is 0 Å². The lowest BCUT2D eigenvalue weighted by molar-refractivity contribution is 0.0600. The second-order valence-corrected chi connectivity index (χ2v) is 3.30. The summed E-state index contributed by atoms with van der Waals surface area (Å²) < 4.78 is 4.59. The third kappa shape index (κ3) is 1.89. The molecule has 0 bridgehead atoms. The number of carbonyl (C=O) groups excluding carboxylic acids is 1. The maximum absolute atomic E-state index is 11.2. The first-order chi connectivity index (χ1) is 7.20. The molecule has 4 nitrogen and oxygen atoms in total. The minimum atomic E-state index is -0.419. The molecule has 2 aromatic heterocycles. The summed E-state index contributed by atoms with van der Waals surface area (Å²) in [6.45, 7) is 0. The lowest BCUT2D eigenvalue weighted by Gasteiger charge is -2.01. The molecule has 76 valence electrons. The minimum absolute atomic E-state index is 0.367. The fraction of sp³-hybridized carbons (Fsp3) is 0.100. The first-order valence-corrected chi connectivity index (χ1v) is 4.58. The number of halogens is 1. The van der Waals surface area contributed by atoms with Crippen LogP contribution in [0.1, 0.15) is 10.4 Å². The Morgan fingerprint density at radius 1 is 1.33 bits per heavy atom. The van der Waals surface area contributed by atoms with Gasteiger partial charge in [0.05, 0.1) is 24.4 Å². The van der Waals surface area contributed by atoms with Crippen molar-refractivity contribution >= 4 is 28.5 Å². The number of esters is 1. The first-order valence-electron chi connectivity index (χ1n) is 4.20. The number of rotatable bonds is 1. The first kappa shape index (κ1) is 9.86. The molecule has 0 fully saturated rings. The van der Waals surface area contributed by atoms with E-state index in [-0.39, 0.29) is 0 Å². The number of hydrogen-bond donors (Lipinski definition) is 0. The molecule has 0 aliphatic heterocycles. The molecule has 15 heavy (non-hydrogen) atoms. The van der Waals surface area contributed by atoms with Gasteiger partial charge in [0.2, 0.25) is 0 Å². The number of ether oxygens (including phenoxy) is 1. The average Bonchev–Trinajstić information content (AvgIpc) is 2.27. The van der Waals surface area contributed by atoms with Gasteiger partial charge in [0, 0.05) is 11.6 Å². The van der Waals surface area contributed by atoms with E-state index in [0.717, 1.165) is 5.39 Å². The standard InChI is InChI=1S/C10H7ClN2O2/c1-15-10(14)7-2-6-3-9(11)13-5-8(6)12-4-7/h2-5H,1H3. The van der Waals surface area contributed by atoms with Crippen molar-refractivity contribution in [2.75, 3.05) is 7.11 Å². The number of fused-ring (bicyclic) bond motifs is 1. The third-order valence-corrected chi connectivity index (χ3v) is 2.16. The lowest BCUT2D eigenvalue weighted by Crippen LogP contribution is -2.01. The maximum Gasteiger partial charge on any atom is 0.339 e. The second-order valence-electron chi connectivity index (χ2n) is 2.92. The molecule has 0 unspecified atom stereocenters. The van der Waals surface area contributed by atoms with Crippen LogP contribution >= 0.6 is 11.6 Å². The van der Waals surface area contributed by atoms with E-state index in [0.29, 0.717) is 16.2 Å². The highest BCUT2D eigenvalue weighted by Crippen LogP contribution is 2.16. The topological polar surface area (TPSA) is 52.1 Å². The van der Waals surface area contributed by atoms with Gasteiger partial charge >= 0.3 is 5.97 Å². The molecule has 2 rings (SSSR count). The largest absolute Gasteiger partial charge is 0.465 e. The predicted octanol–water partition coefficient (Wildman–Crippen LogP) is 2.07. The molecular weight excluding hydrogens is 216 g/mol. The van der Waals surface area contributed by atoms with E-state index in [1.165, 1.54) is 13.3 Å². The van der Waals surface area contributed by atoms with E-state index in [4.69, 9.17) is 11.6 Å². The van der Waals surface area contributed by atoms with Crippen molar-refractivity contribution < 1.29 is 9.53 Å². The van der Waals surface area contributed by atoms with Gasteiger partial charge in [-0.15, -0.1) is 0 Å². The molecule has 2 heterocycles. The third-order valence-electron chi connectivity index (χ3n) is 1.96. The zero-order valence-corrected chi connectivity index (χ0v) is 8.65. The Bertz CT molecular complexity index is 528. The van der Waals surface area contributed by atoms with Gasteiger partial charge in [-0.2, -0.15) is 0 Å². The molecule has 0 aromatic carbocycles. The highest BCUT2D eigenvalue weighted by molar-refractivity contribution is 6.30. The molecule has 2 aromatic rings. The highest BCUT2D eigenvalue weighted by Gasteiger charge is 2.07. The summed E-state index contributed by atoms with van der Waals surface area (Å²) in [7, 11) is 1.33. The Hall–Kier alpha value is -1.68. The summed E-state index contributed by atoms with van der Waals surface area (Å²) in [4.78, 5) is 19.2. The number of methoxy groups -OCH3 is 1. The van der Waals surface area contributed by atoms with Crippen LogP contribution in [-0.2, 0) is 4.74 Å². The van der Waals surface area contributed by atoms with Crippen LogP contribution in [0.5, 0.6) is 0 Å². The SMILES string of the molecule is COC(=O)c1cnc2cnc(Cl)cc2c1. The zero-order valence-electron chi connectivity index (χ0n) is 7.90. The fourth-order valence-electron chi connectivity index (χ4n) is 1.23. The van der Waals surface area contributed by atoms with E-state index >= 15 is 0 Å². The van der Waals surface area contributed by atoms with E-state index < -0.39 is 5.97 Å². The van der Waals surface area contributed by atoms with Crippen LogP contribution in [0.25, 0.3) is 10.9 Å². The Morgan fingerprint density at radius 2 is 2.13 bits per heavy atom. The average molecular weight is 223 g/mol. The molecule has 5 heteroatoms. The molecule has 0 saturated carbocycles. The zero-order chi connectivity index (χ0) is 10.8. The minimum Gasteiger partial charge on any atom is -0.465 e. The Morgan fingerprint density at radius 3 is 2.87 bits per heavy atom. The molecule has 0 saturated heterocycles. The molecule has 0 aliphatic carbocycles. The molecule has 0 radical (unpaired) electrons. The van der Waals surface area contributed by atoms with Gasteiger partial charge in [-0.25, -0.2) is 9.78 Å². The van der Waals surface area contributed by atoms with Gasteiger partial charge < -0.3 is 4.74 Å². The maximum atomic E-state index is 11.2. The van der Waals surface area contributed by atoms with E-state index in [1.807, 2.05) is 0 Å². The second kappa shape index (κ2) is 3.82. The van der Waals surface area contributed by atoms with Crippen molar-refractivity contribution in [2.24, 2.45) is 0 Å². The van der Waals surface area contributed by atoms with Crippen LogP contribution in [0.3, 0.4) is 0 Å². The van der Waals surface area contributed by atoms with Gasteiger partial charge in [0.15, 0.2) is 0 Å². The van der Waals surface area contributed by atoms with Crippen LogP contribution in [0.15, 0.2) is 24.5 Å².